The highest BCUT2D eigenvalue weighted by Crippen LogP contribution is 2.31. The number of benzene rings is 1. The van der Waals surface area contributed by atoms with E-state index in [2.05, 4.69) is 21.2 Å². The minimum atomic E-state index is -0.863. The Labute approximate surface area is 150 Å². The molecule has 0 fully saturated rings. The highest BCUT2D eigenvalue weighted by atomic mass is 79.9. The van der Waals surface area contributed by atoms with Crippen LogP contribution in [0.5, 0.6) is 5.75 Å². The number of carbonyl (C=O) groups excluding carboxylic acids is 1. The van der Waals surface area contributed by atoms with Gasteiger partial charge in [-0.25, -0.2) is 0 Å². The van der Waals surface area contributed by atoms with Crippen LogP contribution in [0.2, 0.25) is 10.0 Å². The van der Waals surface area contributed by atoms with Gasteiger partial charge in [0.05, 0.1) is 5.02 Å². The van der Waals surface area contributed by atoms with E-state index < -0.39 is 6.10 Å². The Balaban J connectivity index is 1.81. The zero-order valence-corrected chi connectivity index (χ0v) is 15.1. The monoisotopic (exact) mass is 423 g/mol. The Morgan fingerprint density at radius 2 is 2.18 bits per heavy atom. The third-order valence-corrected chi connectivity index (χ3v) is 5.31. The van der Waals surface area contributed by atoms with Gasteiger partial charge >= 0.3 is 0 Å². The van der Waals surface area contributed by atoms with Crippen molar-refractivity contribution in [1.82, 2.24) is 5.32 Å². The van der Waals surface area contributed by atoms with Gasteiger partial charge in [-0.3, -0.25) is 4.79 Å². The Morgan fingerprint density at radius 1 is 1.41 bits per heavy atom. The molecule has 2 aromatic rings. The Morgan fingerprint density at radius 3 is 2.86 bits per heavy atom. The van der Waals surface area contributed by atoms with Gasteiger partial charge in [0.1, 0.15) is 28.4 Å². The van der Waals surface area contributed by atoms with Gasteiger partial charge in [-0.2, -0.15) is 0 Å². The van der Waals surface area contributed by atoms with E-state index >= 15 is 0 Å². The molecule has 1 heterocycles. The molecule has 1 aromatic heterocycles. The Kier molecular flexibility index (Phi) is 6.52. The van der Waals surface area contributed by atoms with Gasteiger partial charge in [0.15, 0.2) is 0 Å². The summed E-state index contributed by atoms with van der Waals surface area (Å²) in [5, 5.41) is 15.0. The summed E-state index contributed by atoms with van der Waals surface area (Å²) in [4.78, 5) is 12.4. The number of amides is 1. The first kappa shape index (κ1) is 17.6. The van der Waals surface area contributed by atoms with Crippen molar-refractivity contribution < 1.29 is 14.6 Å². The average molecular weight is 425 g/mol. The molecular formula is C14H12BrCl2NO3S. The molecule has 4 nitrogen and oxygen atoms in total. The molecule has 118 valence electrons. The summed E-state index contributed by atoms with van der Waals surface area (Å²) in [6.45, 7) is 0.0628. The van der Waals surface area contributed by atoms with E-state index in [-0.39, 0.29) is 19.1 Å². The topological polar surface area (TPSA) is 58.6 Å². The molecule has 0 bridgehead atoms. The number of ether oxygens (including phenoxy) is 1. The second-order valence-corrected chi connectivity index (χ2v) is 6.88. The van der Waals surface area contributed by atoms with E-state index in [1.54, 1.807) is 29.6 Å². The molecular weight excluding hydrogens is 413 g/mol. The van der Waals surface area contributed by atoms with Gasteiger partial charge in [-0.15, -0.1) is 11.3 Å². The highest BCUT2D eigenvalue weighted by molar-refractivity contribution is 9.10. The SMILES string of the molecule is O=C(NCC(O)COc1cccc(Cl)c1Cl)c1sccc1Br. The summed E-state index contributed by atoms with van der Waals surface area (Å²) in [5.41, 5.74) is 0. The van der Waals surface area contributed by atoms with Crippen molar-refractivity contribution in [1.29, 1.82) is 0 Å². The number of hydrogen-bond donors (Lipinski definition) is 2. The quantitative estimate of drug-likeness (QED) is 0.737. The molecule has 1 amide bonds. The summed E-state index contributed by atoms with van der Waals surface area (Å²) >= 11 is 16.5. The third kappa shape index (κ3) is 4.60. The number of hydrogen-bond acceptors (Lipinski definition) is 4. The molecule has 1 atom stereocenters. The maximum atomic E-state index is 11.9. The van der Waals surface area contributed by atoms with Gasteiger partial charge < -0.3 is 15.2 Å². The first-order valence-electron chi connectivity index (χ1n) is 6.25. The van der Waals surface area contributed by atoms with E-state index in [9.17, 15) is 9.90 Å². The minimum Gasteiger partial charge on any atom is -0.489 e. The van der Waals surface area contributed by atoms with Crippen molar-refractivity contribution in [2.24, 2.45) is 0 Å². The number of aliphatic hydroxyl groups excluding tert-OH is 1. The number of thiophene rings is 1. The van der Waals surface area contributed by atoms with Crippen molar-refractivity contribution in [3.8, 4) is 5.75 Å². The van der Waals surface area contributed by atoms with Crippen LogP contribution in [0.25, 0.3) is 0 Å². The van der Waals surface area contributed by atoms with Crippen molar-refractivity contribution in [2.45, 2.75) is 6.10 Å². The lowest BCUT2D eigenvalue weighted by Crippen LogP contribution is -2.35. The number of carbonyl (C=O) groups is 1. The van der Waals surface area contributed by atoms with E-state index in [1.807, 2.05) is 0 Å². The van der Waals surface area contributed by atoms with Crippen LogP contribution in [0.4, 0.5) is 0 Å². The van der Waals surface area contributed by atoms with Crippen LogP contribution in [-0.4, -0.2) is 30.3 Å². The molecule has 0 saturated heterocycles. The number of aliphatic hydroxyl groups is 1. The first-order chi connectivity index (χ1) is 10.5. The molecule has 22 heavy (non-hydrogen) atoms. The van der Waals surface area contributed by atoms with Gasteiger partial charge in [0, 0.05) is 11.0 Å². The molecule has 0 aliphatic rings. The fraction of sp³-hybridized carbons (Fsp3) is 0.214. The summed E-state index contributed by atoms with van der Waals surface area (Å²) < 4.78 is 6.13. The lowest BCUT2D eigenvalue weighted by Gasteiger charge is -2.14. The molecule has 8 heteroatoms. The normalized spacial score (nSPS) is 12.0. The molecule has 0 radical (unpaired) electrons. The van der Waals surface area contributed by atoms with E-state index in [0.717, 1.165) is 4.47 Å². The fourth-order valence-corrected chi connectivity index (χ4v) is 3.40. The maximum Gasteiger partial charge on any atom is 0.262 e. The second-order valence-electron chi connectivity index (χ2n) is 4.32. The van der Waals surface area contributed by atoms with Crippen LogP contribution in [0, 0.1) is 0 Å². The van der Waals surface area contributed by atoms with Crippen LogP contribution < -0.4 is 10.1 Å². The van der Waals surface area contributed by atoms with Crippen molar-refractivity contribution in [3.05, 3.63) is 49.0 Å². The molecule has 0 saturated carbocycles. The first-order valence-corrected chi connectivity index (χ1v) is 8.68. The predicted molar refractivity (Wildman–Crippen MR) is 92.3 cm³/mol. The summed E-state index contributed by atoms with van der Waals surface area (Å²) in [5.74, 6) is 0.141. The third-order valence-electron chi connectivity index (χ3n) is 2.67. The van der Waals surface area contributed by atoms with Crippen LogP contribution in [0.1, 0.15) is 9.67 Å². The number of nitrogens with one attached hydrogen (secondary N) is 1. The highest BCUT2D eigenvalue weighted by Gasteiger charge is 2.14. The molecule has 1 aromatic carbocycles. The van der Waals surface area contributed by atoms with Crippen molar-refractivity contribution in [2.75, 3.05) is 13.2 Å². The van der Waals surface area contributed by atoms with Gasteiger partial charge in [0.2, 0.25) is 0 Å². The van der Waals surface area contributed by atoms with Crippen LogP contribution in [0.3, 0.4) is 0 Å². The van der Waals surface area contributed by atoms with Gasteiger partial charge in [0.25, 0.3) is 5.91 Å². The second kappa shape index (κ2) is 8.17. The molecule has 0 aliphatic heterocycles. The summed E-state index contributed by atoms with van der Waals surface area (Å²) in [6.07, 6.45) is -0.863. The molecule has 0 aliphatic carbocycles. The lowest BCUT2D eigenvalue weighted by molar-refractivity contribution is 0.0846. The molecule has 2 N–H and O–H groups in total. The van der Waals surface area contributed by atoms with E-state index in [4.69, 9.17) is 27.9 Å². The summed E-state index contributed by atoms with van der Waals surface area (Å²) in [7, 11) is 0. The van der Waals surface area contributed by atoms with Crippen LogP contribution >= 0.6 is 50.5 Å². The molecule has 0 spiro atoms. The number of halogens is 3. The van der Waals surface area contributed by atoms with E-state index in [1.165, 1.54) is 11.3 Å². The fourth-order valence-electron chi connectivity index (χ4n) is 1.59. The zero-order chi connectivity index (χ0) is 16.1. The molecule has 2 rings (SSSR count). The van der Waals surface area contributed by atoms with Gasteiger partial charge in [-0.1, -0.05) is 29.3 Å². The smallest absolute Gasteiger partial charge is 0.262 e. The van der Waals surface area contributed by atoms with Crippen LogP contribution in [-0.2, 0) is 0 Å². The van der Waals surface area contributed by atoms with Gasteiger partial charge in [-0.05, 0) is 39.5 Å². The number of rotatable bonds is 6. The van der Waals surface area contributed by atoms with Crippen LogP contribution in [0.15, 0.2) is 34.1 Å². The summed E-state index contributed by atoms with van der Waals surface area (Å²) in [6, 6.07) is 6.79. The minimum absolute atomic E-state index is 0.00798. The molecule has 1 unspecified atom stereocenters. The van der Waals surface area contributed by atoms with Crippen molar-refractivity contribution in [3.63, 3.8) is 0 Å². The lowest BCUT2D eigenvalue weighted by atomic mass is 10.3. The van der Waals surface area contributed by atoms with E-state index in [0.29, 0.717) is 20.7 Å². The zero-order valence-electron chi connectivity index (χ0n) is 11.2. The largest absolute Gasteiger partial charge is 0.489 e. The standard InChI is InChI=1S/C14H12BrCl2NO3S/c15-9-4-5-22-13(9)14(20)18-6-8(19)7-21-11-3-1-2-10(16)12(11)17/h1-5,8,19H,6-7H2,(H,18,20). The maximum absolute atomic E-state index is 11.9. The van der Waals surface area contributed by atoms with Crippen molar-refractivity contribution >= 4 is 56.4 Å². The Bertz CT molecular complexity index is 665. The average Bonchev–Trinajstić information content (AvgIpc) is 2.92. The Hall–Kier alpha value is -0.790. The predicted octanol–water partition coefficient (Wildman–Crippen LogP) is 3.99.